The Morgan fingerprint density at radius 1 is 1.31 bits per heavy atom. The van der Waals surface area contributed by atoms with Gasteiger partial charge < -0.3 is 9.84 Å². The van der Waals surface area contributed by atoms with E-state index in [0.29, 0.717) is 12.1 Å². The molecule has 1 aromatic heterocycles. The highest BCUT2D eigenvalue weighted by atomic mass is 16.5. The highest BCUT2D eigenvalue weighted by Crippen LogP contribution is 2.21. The van der Waals surface area contributed by atoms with Gasteiger partial charge in [-0.05, 0) is 17.2 Å². The second kappa shape index (κ2) is 4.81. The first kappa shape index (κ1) is 10.7. The zero-order chi connectivity index (χ0) is 11.4. The number of aliphatic hydroxyl groups is 1. The molecule has 0 radical (unpaired) electrons. The number of H-pyrrole nitrogens is 1. The molecule has 0 bridgehead atoms. The minimum Gasteiger partial charge on any atom is -0.496 e. The first-order chi connectivity index (χ1) is 7.85. The number of hydrogen-bond acceptors (Lipinski definition) is 3. The van der Waals surface area contributed by atoms with Gasteiger partial charge in [-0.25, -0.2) is 0 Å². The van der Waals surface area contributed by atoms with Gasteiger partial charge in [-0.1, -0.05) is 18.2 Å². The van der Waals surface area contributed by atoms with Crippen LogP contribution in [-0.2, 0) is 13.0 Å². The number of para-hydroxylation sites is 1. The molecule has 0 aliphatic carbocycles. The molecule has 0 spiro atoms. The van der Waals surface area contributed by atoms with E-state index in [9.17, 15) is 0 Å². The monoisotopic (exact) mass is 218 g/mol. The van der Waals surface area contributed by atoms with Gasteiger partial charge in [0.25, 0.3) is 0 Å². The largest absolute Gasteiger partial charge is 0.496 e. The SMILES string of the molecule is COc1ccccc1Cc1c[nH]nc1CO. The Bertz CT molecular complexity index is 466. The molecule has 0 fully saturated rings. The Labute approximate surface area is 93.9 Å². The zero-order valence-electron chi connectivity index (χ0n) is 9.10. The van der Waals surface area contributed by atoms with Crippen molar-refractivity contribution in [1.29, 1.82) is 0 Å². The maximum Gasteiger partial charge on any atom is 0.122 e. The Morgan fingerprint density at radius 3 is 2.88 bits per heavy atom. The standard InChI is InChI=1S/C12H14N2O2/c1-16-12-5-3-2-4-9(12)6-10-7-13-14-11(10)8-15/h2-5,7,15H,6,8H2,1H3,(H,13,14). The summed E-state index contributed by atoms with van der Waals surface area (Å²) in [5.41, 5.74) is 2.76. The quantitative estimate of drug-likeness (QED) is 0.817. The maximum absolute atomic E-state index is 9.10. The first-order valence-electron chi connectivity index (χ1n) is 5.09. The van der Waals surface area contributed by atoms with Crippen LogP contribution in [-0.4, -0.2) is 22.4 Å². The molecule has 2 rings (SSSR count). The van der Waals surface area contributed by atoms with Gasteiger partial charge in [0.2, 0.25) is 0 Å². The van der Waals surface area contributed by atoms with E-state index in [0.717, 1.165) is 16.9 Å². The minimum absolute atomic E-state index is 0.0476. The van der Waals surface area contributed by atoms with Crippen molar-refractivity contribution in [1.82, 2.24) is 10.2 Å². The molecule has 0 amide bonds. The topological polar surface area (TPSA) is 58.1 Å². The summed E-state index contributed by atoms with van der Waals surface area (Å²) in [7, 11) is 1.65. The smallest absolute Gasteiger partial charge is 0.122 e. The van der Waals surface area contributed by atoms with Crippen molar-refractivity contribution in [2.75, 3.05) is 7.11 Å². The fourth-order valence-electron chi connectivity index (χ4n) is 1.69. The molecule has 0 aliphatic heterocycles. The minimum atomic E-state index is -0.0476. The second-order valence-electron chi connectivity index (χ2n) is 3.50. The van der Waals surface area contributed by atoms with E-state index in [-0.39, 0.29) is 6.61 Å². The van der Waals surface area contributed by atoms with Gasteiger partial charge in [-0.2, -0.15) is 5.10 Å². The summed E-state index contributed by atoms with van der Waals surface area (Å²) in [6, 6.07) is 7.84. The van der Waals surface area contributed by atoms with Crippen molar-refractivity contribution in [3.63, 3.8) is 0 Å². The van der Waals surface area contributed by atoms with E-state index in [1.807, 2.05) is 24.3 Å². The van der Waals surface area contributed by atoms with Gasteiger partial charge in [0.15, 0.2) is 0 Å². The highest BCUT2D eigenvalue weighted by Gasteiger charge is 2.08. The summed E-state index contributed by atoms with van der Waals surface area (Å²) in [4.78, 5) is 0. The second-order valence-corrected chi connectivity index (χ2v) is 3.50. The van der Waals surface area contributed by atoms with E-state index < -0.39 is 0 Å². The van der Waals surface area contributed by atoms with E-state index in [4.69, 9.17) is 9.84 Å². The summed E-state index contributed by atoms with van der Waals surface area (Å²) in [6.07, 6.45) is 2.51. The molecule has 84 valence electrons. The number of ether oxygens (including phenoxy) is 1. The first-order valence-corrected chi connectivity index (χ1v) is 5.09. The Kier molecular flexibility index (Phi) is 3.22. The third kappa shape index (κ3) is 2.06. The molecular formula is C12H14N2O2. The normalized spacial score (nSPS) is 10.4. The summed E-state index contributed by atoms with van der Waals surface area (Å²) < 4.78 is 5.27. The molecule has 2 aromatic rings. The third-order valence-electron chi connectivity index (χ3n) is 2.53. The number of aliphatic hydroxyl groups excluding tert-OH is 1. The number of aromatic amines is 1. The molecular weight excluding hydrogens is 204 g/mol. The van der Waals surface area contributed by atoms with Crippen LogP contribution in [0.15, 0.2) is 30.5 Å². The summed E-state index contributed by atoms with van der Waals surface area (Å²) in [5.74, 6) is 0.854. The van der Waals surface area contributed by atoms with Gasteiger partial charge >= 0.3 is 0 Å². The molecule has 1 aromatic carbocycles. The summed E-state index contributed by atoms with van der Waals surface area (Å²) in [5, 5.41) is 15.8. The van der Waals surface area contributed by atoms with Crippen molar-refractivity contribution in [2.45, 2.75) is 13.0 Å². The molecule has 16 heavy (non-hydrogen) atoms. The summed E-state index contributed by atoms with van der Waals surface area (Å²) in [6.45, 7) is -0.0476. The van der Waals surface area contributed by atoms with Crippen LogP contribution in [0, 0.1) is 0 Å². The molecule has 4 heteroatoms. The lowest BCUT2D eigenvalue weighted by molar-refractivity contribution is 0.275. The van der Waals surface area contributed by atoms with Crippen LogP contribution in [0.3, 0.4) is 0 Å². The van der Waals surface area contributed by atoms with Crippen molar-refractivity contribution >= 4 is 0 Å². The number of methoxy groups -OCH3 is 1. The highest BCUT2D eigenvalue weighted by molar-refractivity contribution is 5.37. The van der Waals surface area contributed by atoms with Crippen LogP contribution in [0.1, 0.15) is 16.8 Å². The lowest BCUT2D eigenvalue weighted by Gasteiger charge is -2.07. The van der Waals surface area contributed by atoms with Gasteiger partial charge in [-0.3, -0.25) is 5.10 Å². The molecule has 1 heterocycles. The third-order valence-corrected chi connectivity index (χ3v) is 2.53. The predicted molar refractivity (Wildman–Crippen MR) is 60.3 cm³/mol. The number of nitrogens with one attached hydrogen (secondary N) is 1. The van der Waals surface area contributed by atoms with Crippen molar-refractivity contribution < 1.29 is 9.84 Å². The zero-order valence-corrected chi connectivity index (χ0v) is 9.10. The van der Waals surface area contributed by atoms with Crippen LogP contribution >= 0.6 is 0 Å². The van der Waals surface area contributed by atoms with E-state index >= 15 is 0 Å². The van der Waals surface area contributed by atoms with Crippen LogP contribution in [0.25, 0.3) is 0 Å². The molecule has 0 saturated carbocycles. The number of hydrogen-bond donors (Lipinski definition) is 2. The lowest BCUT2D eigenvalue weighted by Crippen LogP contribution is -1.96. The molecule has 0 aliphatic rings. The van der Waals surface area contributed by atoms with Gasteiger partial charge in [-0.15, -0.1) is 0 Å². The number of nitrogens with zero attached hydrogens (tertiary/aromatic N) is 1. The van der Waals surface area contributed by atoms with Gasteiger partial charge in [0, 0.05) is 12.6 Å². The van der Waals surface area contributed by atoms with E-state index in [1.54, 1.807) is 13.3 Å². The van der Waals surface area contributed by atoms with Crippen LogP contribution in [0.5, 0.6) is 5.75 Å². The predicted octanol–water partition coefficient (Wildman–Crippen LogP) is 1.50. The fraction of sp³-hybridized carbons (Fsp3) is 0.250. The van der Waals surface area contributed by atoms with Crippen LogP contribution in [0.4, 0.5) is 0 Å². The van der Waals surface area contributed by atoms with Crippen molar-refractivity contribution in [3.05, 3.63) is 47.3 Å². The number of rotatable bonds is 4. The number of aromatic nitrogens is 2. The average molecular weight is 218 g/mol. The molecule has 0 atom stereocenters. The van der Waals surface area contributed by atoms with E-state index in [1.165, 1.54) is 0 Å². The number of benzene rings is 1. The van der Waals surface area contributed by atoms with Crippen molar-refractivity contribution in [3.8, 4) is 5.75 Å². The molecule has 0 saturated heterocycles. The molecule has 0 unspecified atom stereocenters. The average Bonchev–Trinajstić information content (AvgIpc) is 2.77. The van der Waals surface area contributed by atoms with Gasteiger partial charge in [0.05, 0.1) is 19.4 Å². The fourth-order valence-corrected chi connectivity index (χ4v) is 1.69. The lowest BCUT2D eigenvalue weighted by atomic mass is 10.0. The van der Waals surface area contributed by atoms with Gasteiger partial charge in [0.1, 0.15) is 5.75 Å². The van der Waals surface area contributed by atoms with Crippen LogP contribution < -0.4 is 4.74 Å². The Hall–Kier alpha value is -1.81. The van der Waals surface area contributed by atoms with Crippen molar-refractivity contribution in [2.24, 2.45) is 0 Å². The molecule has 4 nitrogen and oxygen atoms in total. The Balaban J connectivity index is 2.26. The van der Waals surface area contributed by atoms with E-state index in [2.05, 4.69) is 10.2 Å². The summed E-state index contributed by atoms with van der Waals surface area (Å²) >= 11 is 0. The van der Waals surface area contributed by atoms with Crippen LogP contribution in [0.2, 0.25) is 0 Å². The Morgan fingerprint density at radius 2 is 2.12 bits per heavy atom. The maximum atomic E-state index is 9.10. The molecule has 2 N–H and O–H groups in total.